The monoisotopic (exact) mass is 198 g/mol. The van der Waals surface area contributed by atoms with Crippen LogP contribution in [0.1, 0.15) is 51.4 Å². The molecule has 1 saturated carbocycles. The second-order valence-corrected chi connectivity index (χ2v) is 4.40. The third-order valence-corrected chi connectivity index (χ3v) is 3.12. The highest BCUT2D eigenvalue weighted by Gasteiger charge is 2.13. The summed E-state index contributed by atoms with van der Waals surface area (Å²) < 4.78 is 0. The highest BCUT2D eigenvalue weighted by molar-refractivity contribution is 5.75. The predicted molar refractivity (Wildman–Crippen MR) is 57.4 cm³/mol. The van der Waals surface area contributed by atoms with Gasteiger partial charge in [-0.15, -0.1) is 0 Å². The fraction of sp³-hybridized carbons (Fsp3) is 0.909. The van der Waals surface area contributed by atoms with Gasteiger partial charge in [-0.1, -0.05) is 32.1 Å². The van der Waals surface area contributed by atoms with Crippen molar-refractivity contribution in [3.05, 3.63) is 0 Å². The Morgan fingerprint density at radius 1 is 1.36 bits per heavy atom. The molecule has 1 rings (SSSR count). The number of nitrogens with zero attached hydrogens (tertiary/aromatic N) is 1. The van der Waals surface area contributed by atoms with Crippen molar-refractivity contribution in [3.63, 3.8) is 0 Å². The maximum atomic E-state index is 11.2. The first-order valence-corrected chi connectivity index (χ1v) is 5.71. The molecule has 0 aliphatic heterocycles. The van der Waals surface area contributed by atoms with Gasteiger partial charge >= 0.3 is 0 Å². The molecule has 0 aromatic heterocycles. The van der Waals surface area contributed by atoms with E-state index in [2.05, 4.69) is 0 Å². The second kappa shape index (κ2) is 6.02. The molecular formula is C11H22N2O. The molecule has 0 saturated heterocycles. The molecule has 3 heteroatoms. The molecule has 0 unspecified atom stereocenters. The lowest BCUT2D eigenvalue weighted by molar-refractivity contribution is -0.130. The molecule has 2 N–H and O–H groups in total. The minimum Gasteiger partial charge on any atom is -0.284 e. The van der Waals surface area contributed by atoms with Gasteiger partial charge in [-0.25, -0.2) is 5.84 Å². The topological polar surface area (TPSA) is 46.3 Å². The van der Waals surface area contributed by atoms with E-state index in [1.807, 2.05) is 0 Å². The lowest BCUT2D eigenvalue weighted by atomic mass is 9.86. The number of carbonyl (C=O) groups is 1. The van der Waals surface area contributed by atoms with Gasteiger partial charge in [0.2, 0.25) is 5.91 Å². The summed E-state index contributed by atoms with van der Waals surface area (Å²) in [5.74, 6) is 6.27. The molecule has 0 radical (unpaired) electrons. The highest BCUT2D eigenvalue weighted by Crippen LogP contribution is 2.27. The third-order valence-electron chi connectivity index (χ3n) is 3.12. The summed E-state index contributed by atoms with van der Waals surface area (Å²) in [4.78, 5) is 11.2. The average Bonchev–Trinajstić information content (AvgIpc) is 2.19. The molecule has 0 aromatic carbocycles. The van der Waals surface area contributed by atoms with Crippen molar-refractivity contribution in [3.8, 4) is 0 Å². The zero-order valence-electron chi connectivity index (χ0n) is 9.17. The van der Waals surface area contributed by atoms with Gasteiger partial charge in [-0.2, -0.15) is 0 Å². The molecule has 82 valence electrons. The summed E-state index contributed by atoms with van der Waals surface area (Å²) >= 11 is 0. The second-order valence-electron chi connectivity index (χ2n) is 4.40. The van der Waals surface area contributed by atoms with Crippen molar-refractivity contribution in [2.24, 2.45) is 11.8 Å². The molecule has 0 bridgehead atoms. The number of nitrogens with two attached hydrogens (primary N) is 1. The molecule has 0 atom stereocenters. The molecule has 0 aromatic rings. The first-order chi connectivity index (χ1) is 6.70. The van der Waals surface area contributed by atoms with Gasteiger partial charge in [0.15, 0.2) is 0 Å². The van der Waals surface area contributed by atoms with Gasteiger partial charge in [0.1, 0.15) is 0 Å². The zero-order valence-corrected chi connectivity index (χ0v) is 9.17. The van der Waals surface area contributed by atoms with Crippen LogP contribution in [-0.2, 0) is 4.79 Å². The van der Waals surface area contributed by atoms with E-state index in [0.717, 1.165) is 12.3 Å². The fourth-order valence-corrected chi connectivity index (χ4v) is 2.19. The molecular weight excluding hydrogens is 176 g/mol. The minimum atomic E-state index is 0.0563. The van der Waals surface area contributed by atoms with E-state index in [4.69, 9.17) is 5.84 Å². The van der Waals surface area contributed by atoms with Gasteiger partial charge in [0.05, 0.1) is 0 Å². The van der Waals surface area contributed by atoms with E-state index in [0.29, 0.717) is 6.42 Å². The van der Waals surface area contributed by atoms with Crippen molar-refractivity contribution in [2.45, 2.75) is 51.4 Å². The van der Waals surface area contributed by atoms with Crippen LogP contribution in [-0.4, -0.2) is 18.0 Å². The Morgan fingerprint density at radius 2 is 2.00 bits per heavy atom. The SMILES string of the molecule is CN(N)C(=O)CCCC1CCCCC1. The zero-order chi connectivity index (χ0) is 10.4. The quantitative estimate of drug-likeness (QED) is 0.427. The van der Waals surface area contributed by atoms with E-state index in [1.54, 1.807) is 7.05 Å². The number of rotatable bonds is 4. The number of hydrazine groups is 1. The molecule has 14 heavy (non-hydrogen) atoms. The van der Waals surface area contributed by atoms with E-state index in [9.17, 15) is 4.79 Å². The van der Waals surface area contributed by atoms with Crippen LogP contribution >= 0.6 is 0 Å². The van der Waals surface area contributed by atoms with Crippen molar-refractivity contribution in [1.82, 2.24) is 5.01 Å². The molecule has 1 amide bonds. The third kappa shape index (κ3) is 4.09. The smallest absolute Gasteiger partial charge is 0.236 e. The Balaban J connectivity index is 2.05. The Hall–Kier alpha value is -0.570. The summed E-state index contributed by atoms with van der Waals surface area (Å²) in [7, 11) is 1.61. The lowest BCUT2D eigenvalue weighted by Gasteiger charge is -2.21. The van der Waals surface area contributed by atoms with Crippen LogP contribution in [0.15, 0.2) is 0 Å². The normalized spacial score (nSPS) is 18.1. The van der Waals surface area contributed by atoms with E-state index < -0.39 is 0 Å². The van der Waals surface area contributed by atoms with Crippen molar-refractivity contribution >= 4 is 5.91 Å². The average molecular weight is 198 g/mol. The van der Waals surface area contributed by atoms with Crippen LogP contribution in [0.3, 0.4) is 0 Å². The van der Waals surface area contributed by atoms with Gasteiger partial charge in [0, 0.05) is 13.5 Å². The van der Waals surface area contributed by atoms with Crippen LogP contribution in [0.4, 0.5) is 0 Å². The van der Waals surface area contributed by atoms with Gasteiger partial charge in [0.25, 0.3) is 0 Å². The Morgan fingerprint density at radius 3 is 2.57 bits per heavy atom. The summed E-state index contributed by atoms with van der Waals surface area (Å²) in [6, 6.07) is 0. The van der Waals surface area contributed by atoms with Crippen molar-refractivity contribution in [1.29, 1.82) is 0 Å². The van der Waals surface area contributed by atoms with E-state index in [1.165, 1.54) is 43.5 Å². The molecule has 0 spiro atoms. The van der Waals surface area contributed by atoms with Gasteiger partial charge < -0.3 is 0 Å². The first-order valence-electron chi connectivity index (χ1n) is 5.71. The highest BCUT2D eigenvalue weighted by atomic mass is 16.2. The first kappa shape index (κ1) is 11.5. The predicted octanol–water partition coefficient (Wildman–Crippen LogP) is 2.07. The van der Waals surface area contributed by atoms with Crippen LogP contribution in [0.5, 0.6) is 0 Å². The number of hydrogen-bond donors (Lipinski definition) is 1. The van der Waals surface area contributed by atoms with E-state index >= 15 is 0 Å². The van der Waals surface area contributed by atoms with Gasteiger partial charge in [-0.3, -0.25) is 9.80 Å². The summed E-state index contributed by atoms with van der Waals surface area (Å²) in [5, 5.41) is 1.20. The fourth-order valence-electron chi connectivity index (χ4n) is 2.19. The van der Waals surface area contributed by atoms with Crippen LogP contribution in [0.2, 0.25) is 0 Å². The molecule has 1 aliphatic carbocycles. The molecule has 3 nitrogen and oxygen atoms in total. The van der Waals surface area contributed by atoms with Crippen LogP contribution in [0.25, 0.3) is 0 Å². The van der Waals surface area contributed by atoms with E-state index in [-0.39, 0.29) is 5.91 Å². The van der Waals surface area contributed by atoms with Crippen LogP contribution in [0, 0.1) is 5.92 Å². The molecule has 1 fully saturated rings. The maximum absolute atomic E-state index is 11.2. The van der Waals surface area contributed by atoms with Crippen molar-refractivity contribution < 1.29 is 4.79 Å². The van der Waals surface area contributed by atoms with Gasteiger partial charge in [-0.05, 0) is 18.8 Å². The molecule has 1 aliphatic rings. The Labute approximate surface area is 86.6 Å². The maximum Gasteiger partial charge on any atom is 0.236 e. The molecule has 0 heterocycles. The largest absolute Gasteiger partial charge is 0.284 e. The summed E-state index contributed by atoms with van der Waals surface area (Å²) in [6.07, 6.45) is 9.74. The van der Waals surface area contributed by atoms with Crippen molar-refractivity contribution in [2.75, 3.05) is 7.05 Å². The number of amides is 1. The minimum absolute atomic E-state index is 0.0563. The number of hydrogen-bond acceptors (Lipinski definition) is 2. The summed E-state index contributed by atoms with van der Waals surface area (Å²) in [5.41, 5.74) is 0. The summed E-state index contributed by atoms with van der Waals surface area (Å²) in [6.45, 7) is 0. The standard InChI is InChI=1S/C11H22N2O/c1-13(12)11(14)9-5-8-10-6-3-2-4-7-10/h10H,2-9,12H2,1H3. The number of carbonyl (C=O) groups excluding carboxylic acids is 1. The van der Waals surface area contributed by atoms with Crippen LogP contribution < -0.4 is 5.84 Å². The Kier molecular flexibility index (Phi) is 4.94. The lowest BCUT2D eigenvalue weighted by Crippen LogP contribution is -2.32. The Bertz CT molecular complexity index is 174.